The van der Waals surface area contributed by atoms with Gasteiger partial charge < -0.3 is 5.32 Å². The van der Waals surface area contributed by atoms with E-state index in [1.54, 1.807) is 0 Å². The summed E-state index contributed by atoms with van der Waals surface area (Å²) >= 11 is 0. The molecule has 1 N–H and O–H groups in total. The molecule has 0 saturated carbocycles. The van der Waals surface area contributed by atoms with Crippen molar-refractivity contribution in [1.29, 1.82) is 0 Å². The molecule has 0 saturated heterocycles. The van der Waals surface area contributed by atoms with Gasteiger partial charge in [-0.15, -0.1) is 0 Å². The molecule has 0 bridgehead atoms. The highest BCUT2D eigenvalue weighted by Gasteiger charge is 2.05. The van der Waals surface area contributed by atoms with Gasteiger partial charge in [0.2, 0.25) is 0 Å². The Hall–Kier alpha value is -1.90. The second-order valence-electron chi connectivity index (χ2n) is 4.32. The SMILES string of the molecule is CCNc1cc(CC)nc(-c2ccc(C)cc2)n1. The van der Waals surface area contributed by atoms with Gasteiger partial charge in [0.05, 0.1) is 0 Å². The predicted molar refractivity (Wildman–Crippen MR) is 75.7 cm³/mol. The van der Waals surface area contributed by atoms with Crippen LogP contribution < -0.4 is 5.32 Å². The summed E-state index contributed by atoms with van der Waals surface area (Å²) in [6.07, 6.45) is 0.916. The van der Waals surface area contributed by atoms with Gasteiger partial charge in [0.25, 0.3) is 0 Å². The summed E-state index contributed by atoms with van der Waals surface area (Å²) in [5.41, 5.74) is 3.38. The first-order valence-electron chi connectivity index (χ1n) is 6.41. The summed E-state index contributed by atoms with van der Waals surface area (Å²) in [5, 5.41) is 3.25. The maximum atomic E-state index is 4.58. The summed E-state index contributed by atoms with van der Waals surface area (Å²) < 4.78 is 0. The molecule has 2 rings (SSSR count). The largest absolute Gasteiger partial charge is 0.370 e. The van der Waals surface area contributed by atoms with Crippen LogP contribution in [0.5, 0.6) is 0 Å². The Bertz CT molecular complexity index is 518. The average molecular weight is 241 g/mol. The van der Waals surface area contributed by atoms with Crippen molar-refractivity contribution in [3.8, 4) is 11.4 Å². The first kappa shape index (κ1) is 12.6. The third-order valence-electron chi connectivity index (χ3n) is 2.81. The molecule has 1 aromatic carbocycles. The zero-order valence-corrected chi connectivity index (χ0v) is 11.2. The van der Waals surface area contributed by atoms with Crippen LogP contribution in [0.4, 0.5) is 5.82 Å². The Morgan fingerprint density at radius 3 is 2.39 bits per heavy atom. The summed E-state index contributed by atoms with van der Waals surface area (Å²) in [5.74, 6) is 1.70. The molecule has 0 aliphatic rings. The smallest absolute Gasteiger partial charge is 0.161 e. The van der Waals surface area contributed by atoms with E-state index in [4.69, 9.17) is 0 Å². The Balaban J connectivity index is 2.42. The van der Waals surface area contributed by atoms with Crippen LogP contribution in [-0.4, -0.2) is 16.5 Å². The lowest BCUT2D eigenvalue weighted by molar-refractivity contribution is 0.998. The molecule has 0 atom stereocenters. The lowest BCUT2D eigenvalue weighted by Gasteiger charge is -2.08. The molecular formula is C15H19N3. The summed E-state index contributed by atoms with van der Waals surface area (Å²) in [7, 11) is 0. The van der Waals surface area contributed by atoms with Crippen LogP contribution in [0, 0.1) is 6.92 Å². The molecule has 3 heteroatoms. The van der Waals surface area contributed by atoms with Crippen LogP contribution in [0.3, 0.4) is 0 Å². The monoisotopic (exact) mass is 241 g/mol. The molecule has 0 radical (unpaired) electrons. The third-order valence-corrected chi connectivity index (χ3v) is 2.81. The molecule has 1 aromatic heterocycles. The van der Waals surface area contributed by atoms with Gasteiger partial charge in [0.15, 0.2) is 5.82 Å². The average Bonchev–Trinajstić information content (AvgIpc) is 2.39. The van der Waals surface area contributed by atoms with E-state index in [0.717, 1.165) is 35.9 Å². The number of aryl methyl sites for hydroxylation is 2. The Morgan fingerprint density at radius 1 is 1.06 bits per heavy atom. The van der Waals surface area contributed by atoms with Crippen LogP contribution in [0.15, 0.2) is 30.3 Å². The second kappa shape index (κ2) is 5.63. The maximum Gasteiger partial charge on any atom is 0.161 e. The highest BCUT2D eigenvalue weighted by molar-refractivity contribution is 5.58. The number of nitrogens with zero attached hydrogens (tertiary/aromatic N) is 2. The minimum Gasteiger partial charge on any atom is -0.370 e. The van der Waals surface area contributed by atoms with Crippen molar-refractivity contribution < 1.29 is 0 Å². The second-order valence-corrected chi connectivity index (χ2v) is 4.32. The van der Waals surface area contributed by atoms with Gasteiger partial charge in [-0.3, -0.25) is 0 Å². The highest BCUT2D eigenvalue weighted by Crippen LogP contribution is 2.18. The molecule has 94 valence electrons. The zero-order valence-electron chi connectivity index (χ0n) is 11.2. The number of nitrogens with one attached hydrogen (secondary N) is 1. The molecule has 2 aromatic rings. The first-order valence-corrected chi connectivity index (χ1v) is 6.41. The van der Waals surface area contributed by atoms with Gasteiger partial charge in [0.1, 0.15) is 5.82 Å². The van der Waals surface area contributed by atoms with E-state index in [9.17, 15) is 0 Å². The Morgan fingerprint density at radius 2 is 1.78 bits per heavy atom. The molecule has 0 aliphatic heterocycles. The summed E-state index contributed by atoms with van der Waals surface area (Å²) in [6, 6.07) is 10.3. The standard InChI is InChI=1S/C15H19N3/c1-4-13-10-14(16-5-2)18-15(17-13)12-8-6-11(3)7-9-12/h6-10H,4-5H2,1-3H3,(H,16,17,18). The predicted octanol–water partition coefficient (Wildman–Crippen LogP) is 3.45. The van der Waals surface area contributed by atoms with Crippen LogP contribution in [0.2, 0.25) is 0 Å². The minimum atomic E-state index is 0.797. The molecule has 0 unspecified atom stereocenters. The zero-order chi connectivity index (χ0) is 13.0. The first-order chi connectivity index (χ1) is 8.72. The summed E-state index contributed by atoms with van der Waals surface area (Å²) in [6.45, 7) is 7.13. The normalized spacial score (nSPS) is 10.4. The van der Waals surface area contributed by atoms with Crippen molar-refractivity contribution in [3.63, 3.8) is 0 Å². The fourth-order valence-electron chi connectivity index (χ4n) is 1.78. The van der Waals surface area contributed by atoms with Crippen molar-refractivity contribution in [2.24, 2.45) is 0 Å². The maximum absolute atomic E-state index is 4.58. The Kier molecular flexibility index (Phi) is 3.92. The van der Waals surface area contributed by atoms with E-state index in [2.05, 4.69) is 60.3 Å². The number of aromatic nitrogens is 2. The van der Waals surface area contributed by atoms with Gasteiger partial charge in [-0.2, -0.15) is 0 Å². The lowest BCUT2D eigenvalue weighted by Crippen LogP contribution is -2.03. The van der Waals surface area contributed by atoms with Gasteiger partial charge in [0, 0.05) is 23.9 Å². The van der Waals surface area contributed by atoms with Crippen LogP contribution >= 0.6 is 0 Å². The summed E-state index contributed by atoms with van der Waals surface area (Å²) in [4.78, 5) is 9.13. The quantitative estimate of drug-likeness (QED) is 0.891. The number of hydrogen-bond acceptors (Lipinski definition) is 3. The van der Waals surface area contributed by atoms with E-state index >= 15 is 0 Å². The van der Waals surface area contributed by atoms with Gasteiger partial charge in [-0.25, -0.2) is 9.97 Å². The fraction of sp³-hybridized carbons (Fsp3) is 0.333. The van der Waals surface area contributed by atoms with E-state index in [0.29, 0.717) is 0 Å². The molecule has 3 nitrogen and oxygen atoms in total. The van der Waals surface area contributed by atoms with Crippen LogP contribution in [0.1, 0.15) is 25.1 Å². The number of benzene rings is 1. The Labute approximate surface area is 108 Å². The number of rotatable bonds is 4. The third kappa shape index (κ3) is 2.86. The molecule has 18 heavy (non-hydrogen) atoms. The molecule has 0 spiro atoms. The lowest BCUT2D eigenvalue weighted by atomic mass is 10.1. The van der Waals surface area contributed by atoms with E-state index in [1.165, 1.54) is 5.56 Å². The topological polar surface area (TPSA) is 37.8 Å². The number of anilines is 1. The van der Waals surface area contributed by atoms with Crippen molar-refractivity contribution in [2.75, 3.05) is 11.9 Å². The van der Waals surface area contributed by atoms with E-state index in [1.807, 2.05) is 6.07 Å². The molecule has 0 aliphatic carbocycles. The molecular weight excluding hydrogens is 222 g/mol. The fourth-order valence-corrected chi connectivity index (χ4v) is 1.78. The van der Waals surface area contributed by atoms with Crippen LogP contribution in [-0.2, 0) is 6.42 Å². The molecule has 0 fully saturated rings. The van der Waals surface area contributed by atoms with E-state index in [-0.39, 0.29) is 0 Å². The van der Waals surface area contributed by atoms with E-state index < -0.39 is 0 Å². The van der Waals surface area contributed by atoms with Crippen LogP contribution in [0.25, 0.3) is 11.4 Å². The van der Waals surface area contributed by atoms with Gasteiger partial charge in [-0.05, 0) is 20.3 Å². The van der Waals surface area contributed by atoms with Crippen molar-refractivity contribution in [1.82, 2.24) is 9.97 Å². The van der Waals surface area contributed by atoms with Gasteiger partial charge >= 0.3 is 0 Å². The number of hydrogen-bond donors (Lipinski definition) is 1. The van der Waals surface area contributed by atoms with Crippen molar-refractivity contribution >= 4 is 5.82 Å². The van der Waals surface area contributed by atoms with Gasteiger partial charge in [-0.1, -0.05) is 36.8 Å². The van der Waals surface area contributed by atoms with Crippen molar-refractivity contribution in [2.45, 2.75) is 27.2 Å². The molecule has 0 amide bonds. The van der Waals surface area contributed by atoms with Crippen molar-refractivity contribution in [3.05, 3.63) is 41.6 Å². The minimum absolute atomic E-state index is 0.797. The highest BCUT2D eigenvalue weighted by atomic mass is 15.0. The molecule has 1 heterocycles.